The van der Waals surface area contributed by atoms with Crippen LogP contribution in [-0.2, 0) is 6.54 Å². The molecule has 0 bridgehead atoms. The molecule has 4 rings (SSSR count). The molecule has 0 spiro atoms. The number of carbonyl (C=O) groups is 1. The molecule has 0 unspecified atom stereocenters. The molecule has 27 heavy (non-hydrogen) atoms. The molecule has 1 aromatic heterocycles. The van der Waals surface area contributed by atoms with Crippen LogP contribution in [-0.4, -0.2) is 11.1 Å². The van der Waals surface area contributed by atoms with Crippen LogP contribution >= 0.6 is 11.6 Å². The second-order valence-corrected chi connectivity index (χ2v) is 6.68. The van der Waals surface area contributed by atoms with Crippen molar-refractivity contribution in [2.45, 2.75) is 13.5 Å². The summed E-state index contributed by atoms with van der Waals surface area (Å²) >= 11 is 6.26. The van der Waals surface area contributed by atoms with Gasteiger partial charge >= 0.3 is 0 Å². The van der Waals surface area contributed by atoms with Crippen LogP contribution in [0, 0.1) is 6.92 Å². The van der Waals surface area contributed by atoms with Crippen LogP contribution in [0.5, 0.6) is 0 Å². The third kappa shape index (κ3) is 3.32. The predicted octanol–water partition coefficient (Wildman–Crippen LogP) is 5.39. The van der Waals surface area contributed by atoms with Crippen LogP contribution in [0.1, 0.15) is 21.6 Å². The molecule has 1 heterocycles. The lowest BCUT2D eigenvalue weighted by Crippen LogP contribution is -2.23. The third-order valence-electron chi connectivity index (χ3n) is 4.53. The van der Waals surface area contributed by atoms with E-state index in [0.29, 0.717) is 34.1 Å². The minimum absolute atomic E-state index is 0.239. The Morgan fingerprint density at radius 2 is 1.78 bits per heavy atom. The Balaban J connectivity index is 1.63. The minimum Gasteiger partial charge on any atom is -0.355 e. The van der Waals surface area contributed by atoms with Crippen LogP contribution in [0.4, 0.5) is 0 Å². The van der Waals surface area contributed by atoms with E-state index in [0.717, 1.165) is 16.3 Å². The van der Waals surface area contributed by atoms with Crippen LogP contribution in [0.3, 0.4) is 0 Å². The molecule has 0 aliphatic carbocycles. The molecule has 1 N–H and O–H groups in total. The molecule has 0 saturated heterocycles. The maximum Gasteiger partial charge on any atom is 0.257 e. The van der Waals surface area contributed by atoms with Gasteiger partial charge in [-0.15, -0.1) is 0 Å². The van der Waals surface area contributed by atoms with Gasteiger partial charge in [0.25, 0.3) is 5.91 Å². The summed E-state index contributed by atoms with van der Waals surface area (Å²) < 4.78 is 5.41. The fraction of sp³-hybridized carbons (Fsp3) is 0.0909. The van der Waals surface area contributed by atoms with E-state index in [1.54, 1.807) is 13.0 Å². The molecule has 0 aliphatic rings. The number of aryl methyl sites for hydroxylation is 1. The molecule has 134 valence electrons. The maximum atomic E-state index is 12.9. The number of hydrogen-bond donors (Lipinski definition) is 1. The van der Waals surface area contributed by atoms with Crippen LogP contribution < -0.4 is 5.32 Å². The van der Waals surface area contributed by atoms with Gasteiger partial charge in [-0.2, -0.15) is 0 Å². The van der Waals surface area contributed by atoms with Gasteiger partial charge in [-0.05, 0) is 35.4 Å². The summed E-state index contributed by atoms with van der Waals surface area (Å²) in [5.41, 5.74) is 2.63. The second-order valence-electron chi connectivity index (χ2n) is 6.27. The lowest BCUT2D eigenvalue weighted by molar-refractivity contribution is 0.0951. The Bertz CT molecular complexity index is 1130. The largest absolute Gasteiger partial charge is 0.355 e. The normalized spacial score (nSPS) is 10.9. The van der Waals surface area contributed by atoms with Gasteiger partial charge in [-0.3, -0.25) is 4.79 Å². The summed E-state index contributed by atoms with van der Waals surface area (Å²) in [4.78, 5) is 12.9. The quantitative estimate of drug-likeness (QED) is 0.519. The summed E-state index contributed by atoms with van der Waals surface area (Å²) in [6.07, 6.45) is 0. The monoisotopic (exact) mass is 376 g/mol. The smallest absolute Gasteiger partial charge is 0.257 e. The number of fused-ring (bicyclic) bond motifs is 1. The van der Waals surface area contributed by atoms with Crippen molar-refractivity contribution in [3.05, 3.63) is 88.6 Å². The van der Waals surface area contributed by atoms with Gasteiger partial charge in [0.2, 0.25) is 0 Å². The molecule has 0 fully saturated rings. The van der Waals surface area contributed by atoms with Gasteiger partial charge < -0.3 is 9.84 Å². The standard InChI is InChI=1S/C22H17ClN2O2/c1-14-20(21(27-25-14)18-11-4-5-12-19(18)23)22(26)24-13-16-9-6-8-15-7-2-3-10-17(15)16/h2-12H,13H2,1H3,(H,24,26). The first-order chi connectivity index (χ1) is 13.1. The number of aromatic nitrogens is 1. The summed E-state index contributed by atoms with van der Waals surface area (Å²) in [6, 6.07) is 21.4. The van der Waals surface area contributed by atoms with Crippen LogP contribution in [0.25, 0.3) is 22.1 Å². The Hall–Kier alpha value is -3.11. The zero-order valence-corrected chi connectivity index (χ0v) is 15.5. The lowest BCUT2D eigenvalue weighted by Gasteiger charge is -2.09. The summed E-state index contributed by atoms with van der Waals surface area (Å²) in [7, 11) is 0. The first kappa shape index (κ1) is 17.3. The van der Waals surface area contributed by atoms with Crippen molar-refractivity contribution in [2.75, 3.05) is 0 Å². The number of nitrogens with zero attached hydrogens (tertiary/aromatic N) is 1. The maximum absolute atomic E-state index is 12.9. The average Bonchev–Trinajstić information content (AvgIpc) is 3.07. The molecule has 0 atom stereocenters. The number of halogens is 1. The molecule has 1 amide bonds. The van der Waals surface area contributed by atoms with Crippen molar-refractivity contribution in [3.63, 3.8) is 0 Å². The van der Waals surface area contributed by atoms with E-state index in [1.807, 2.05) is 42.5 Å². The first-order valence-corrected chi connectivity index (χ1v) is 8.99. The number of hydrogen-bond acceptors (Lipinski definition) is 3. The molecule has 4 aromatic rings. The van der Waals surface area contributed by atoms with Crippen LogP contribution in [0.2, 0.25) is 5.02 Å². The fourth-order valence-electron chi connectivity index (χ4n) is 3.18. The average molecular weight is 377 g/mol. The highest BCUT2D eigenvalue weighted by atomic mass is 35.5. The van der Waals surface area contributed by atoms with E-state index in [9.17, 15) is 4.79 Å². The number of nitrogens with one attached hydrogen (secondary N) is 1. The van der Waals surface area contributed by atoms with E-state index in [2.05, 4.69) is 28.7 Å². The summed E-state index contributed by atoms with van der Waals surface area (Å²) in [6.45, 7) is 2.16. The summed E-state index contributed by atoms with van der Waals surface area (Å²) in [5.74, 6) is 0.144. The van der Waals surface area contributed by atoms with Gasteiger partial charge in [-0.25, -0.2) is 0 Å². The van der Waals surface area contributed by atoms with Gasteiger partial charge in [0.1, 0.15) is 5.56 Å². The lowest BCUT2D eigenvalue weighted by atomic mass is 10.0. The molecule has 3 aromatic carbocycles. The highest BCUT2D eigenvalue weighted by Gasteiger charge is 2.23. The van der Waals surface area contributed by atoms with E-state index >= 15 is 0 Å². The molecule has 0 saturated carbocycles. The van der Waals surface area contributed by atoms with E-state index in [4.69, 9.17) is 16.1 Å². The van der Waals surface area contributed by atoms with Gasteiger partial charge in [0.15, 0.2) is 5.76 Å². The predicted molar refractivity (Wildman–Crippen MR) is 107 cm³/mol. The van der Waals surface area contributed by atoms with E-state index in [-0.39, 0.29) is 5.91 Å². The highest BCUT2D eigenvalue weighted by molar-refractivity contribution is 6.33. The van der Waals surface area contributed by atoms with Crippen molar-refractivity contribution in [2.24, 2.45) is 0 Å². The van der Waals surface area contributed by atoms with Crippen molar-refractivity contribution in [1.29, 1.82) is 0 Å². The first-order valence-electron chi connectivity index (χ1n) is 8.61. The molecular formula is C22H17ClN2O2. The minimum atomic E-state index is -0.239. The number of amides is 1. The van der Waals surface area contributed by atoms with Crippen molar-refractivity contribution in [3.8, 4) is 11.3 Å². The highest BCUT2D eigenvalue weighted by Crippen LogP contribution is 2.32. The Kier molecular flexibility index (Phi) is 4.65. The molecule has 0 aliphatic heterocycles. The Labute approximate surface area is 161 Å². The molecule has 5 heteroatoms. The Morgan fingerprint density at radius 1 is 1.04 bits per heavy atom. The topological polar surface area (TPSA) is 55.1 Å². The zero-order chi connectivity index (χ0) is 18.8. The number of benzene rings is 3. The third-order valence-corrected chi connectivity index (χ3v) is 4.86. The van der Waals surface area contributed by atoms with Crippen molar-refractivity contribution in [1.82, 2.24) is 10.5 Å². The van der Waals surface area contributed by atoms with Gasteiger partial charge in [0.05, 0.1) is 10.7 Å². The zero-order valence-electron chi connectivity index (χ0n) is 14.7. The van der Waals surface area contributed by atoms with Crippen LogP contribution in [0.15, 0.2) is 71.3 Å². The number of carbonyl (C=O) groups excluding carboxylic acids is 1. The van der Waals surface area contributed by atoms with Gasteiger partial charge in [0, 0.05) is 12.1 Å². The SMILES string of the molecule is Cc1noc(-c2ccccc2Cl)c1C(=O)NCc1cccc2ccccc12. The molecule has 0 radical (unpaired) electrons. The van der Waals surface area contributed by atoms with Crippen molar-refractivity contribution >= 4 is 28.3 Å². The van der Waals surface area contributed by atoms with Crippen molar-refractivity contribution < 1.29 is 9.32 Å². The van der Waals surface area contributed by atoms with E-state index < -0.39 is 0 Å². The second kappa shape index (κ2) is 7.25. The van der Waals surface area contributed by atoms with E-state index in [1.165, 1.54) is 0 Å². The number of rotatable bonds is 4. The van der Waals surface area contributed by atoms with Gasteiger partial charge in [-0.1, -0.05) is 71.4 Å². The fourth-order valence-corrected chi connectivity index (χ4v) is 3.40. The summed E-state index contributed by atoms with van der Waals surface area (Å²) in [5, 5.41) is 9.72. The molecule has 4 nitrogen and oxygen atoms in total. The Morgan fingerprint density at radius 3 is 2.63 bits per heavy atom. The molecular weight excluding hydrogens is 360 g/mol.